The van der Waals surface area contributed by atoms with Crippen molar-refractivity contribution in [3.8, 4) is 0 Å². The Labute approximate surface area is 530 Å². The summed E-state index contributed by atoms with van der Waals surface area (Å²) in [5.74, 6) is -2.13. The van der Waals surface area contributed by atoms with Crippen LogP contribution in [0.15, 0.2) is 0 Å². The fourth-order valence-electron chi connectivity index (χ4n) is 10.3. The van der Waals surface area contributed by atoms with Crippen molar-refractivity contribution in [1.82, 2.24) is 0 Å². The Hall–Kier alpha value is -1.94. The second kappa shape index (κ2) is 62.8. The van der Waals surface area contributed by atoms with Gasteiger partial charge in [0.15, 0.2) is 12.2 Å². The molecule has 0 saturated heterocycles. The molecule has 3 N–H and O–H groups in total. The topological polar surface area (TPSA) is 237 Å². The molecule has 0 aromatic carbocycles. The lowest BCUT2D eigenvalue weighted by molar-refractivity contribution is -0.161. The third kappa shape index (κ3) is 62.6. The Kier molecular flexibility index (Phi) is 61.4. The maximum absolute atomic E-state index is 13.0. The molecule has 87 heavy (non-hydrogen) atoms. The number of ether oxygens (including phenoxy) is 4. The summed E-state index contributed by atoms with van der Waals surface area (Å²) in [5.41, 5.74) is 0. The number of phosphoric ester groups is 2. The van der Waals surface area contributed by atoms with Crippen molar-refractivity contribution in [2.45, 2.75) is 373 Å². The third-order valence-corrected chi connectivity index (χ3v) is 17.8. The number of carbonyl (C=O) groups is 4. The minimum atomic E-state index is -4.95. The summed E-state index contributed by atoms with van der Waals surface area (Å²) in [6.07, 6.45) is 50.0. The van der Waals surface area contributed by atoms with Crippen LogP contribution in [0.1, 0.15) is 355 Å². The molecule has 0 aliphatic rings. The Balaban J connectivity index is 5.15. The van der Waals surface area contributed by atoms with Crippen LogP contribution in [0.2, 0.25) is 0 Å². The summed E-state index contributed by atoms with van der Waals surface area (Å²) in [6, 6.07) is 0. The molecule has 0 aliphatic heterocycles. The highest BCUT2D eigenvalue weighted by Gasteiger charge is 2.30. The van der Waals surface area contributed by atoms with Crippen molar-refractivity contribution in [2.24, 2.45) is 0 Å². The van der Waals surface area contributed by atoms with Gasteiger partial charge in [0.05, 0.1) is 26.4 Å². The molecule has 17 nitrogen and oxygen atoms in total. The summed E-state index contributed by atoms with van der Waals surface area (Å²) in [7, 11) is -9.89. The van der Waals surface area contributed by atoms with E-state index in [1.807, 2.05) is 0 Å². The summed E-state index contributed by atoms with van der Waals surface area (Å²) in [4.78, 5) is 72.3. The highest BCUT2D eigenvalue weighted by atomic mass is 31.2. The van der Waals surface area contributed by atoms with Crippen LogP contribution in [-0.2, 0) is 65.4 Å². The van der Waals surface area contributed by atoms with Crippen molar-refractivity contribution in [2.75, 3.05) is 39.6 Å². The van der Waals surface area contributed by atoms with Gasteiger partial charge in [-0.2, -0.15) is 0 Å². The van der Waals surface area contributed by atoms with Crippen molar-refractivity contribution in [3.05, 3.63) is 0 Å². The van der Waals surface area contributed by atoms with Crippen LogP contribution in [0.4, 0.5) is 0 Å². The minimum absolute atomic E-state index is 0.107. The van der Waals surface area contributed by atoms with Gasteiger partial charge in [0.2, 0.25) is 0 Å². The van der Waals surface area contributed by atoms with Gasteiger partial charge in [0.25, 0.3) is 0 Å². The van der Waals surface area contributed by atoms with Gasteiger partial charge < -0.3 is 33.8 Å². The number of unbranched alkanes of at least 4 members (excludes halogenated alkanes) is 43. The first-order valence-corrected chi connectivity index (χ1v) is 38.8. The zero-order valence-corrected chi connectivity index (χ0v) is 57.8. The molecule has 0 aromatic rings. The molecular weight excluding hydrogens is 1150 g/mol. The van der Waals surface area contributed by atoms with Crippen molar-refractivity contribution in [3.63, 3.8) is 0 Å². The highest BCUT2D eigenvalue weighted by molar-refractivity contribution is 7.47. The average Bonchev–Trinajstić information content (AvgIpc) is 3.56. The number of carbonyl (C=O) groups excluding carboxylic acids is 4. The largest absolute Gasteiger partial charge is 0.472 e. The molecule has 0 amide bonds. The molecule has 0 heterocycles. The zero-order valence-electron chi connectivity index (χ0n) is 56.0. The van der Waals surface area contributed by atoms with Crippen LogP contribution < -0.4 is 0 Å². The lowest BCUT2D eigenvalue weighted by atomic mass is 10.0. The van der Waals surface area contributed by atoms with Crippen molar-refractivity contribution in [1.29, 1.82) is 0 Å². The average molecular weight is 1280 g/mol. The number of hydrogen-bond acceptors (Lipinski definition) is 15. The van der Waals surface area contributed by atoms with Crippen molar-refractivity contribution < 1.29 is 80.2 Å². The van der Waals surface area contributed by atoms with E-state index in [1.54, 1.807) is 0 Å². The quantitative estimate of drug-likeness (QED) is 0.0222. The molecule has 2 unspecified atom stereocenters. The fraction of sp³-hybridized carbons (Fsp3) is 0.941. The number of rotatable bonds is 69. The first kappa shape index (κ1) is 85.1. The molecule has 0 radical (unpaired) electrons. The van der Waals surface area contributed by atoms with E-state index in [9.17, 15) is 43.2 Å². The van der Waals surface area contributed by atoms with Crippen LogP contribution >= 0.6 is 15.6 Å². The lowest BCUT2D eigenvalue weighted by Crippen LogP contribution is -2.30. The van der Waals surface area contributed by atoms with Gasteiger partial charge in [0, 0.05) is 25.7 Å². The molecular formula is C68H132O17P2. The SMILES string of the molecule is CCCCCCCCCCCCCCCCCCCCCC(=O)O[C@H](COC(=O)CCCCCCCCCCCC)COP(=O)(O)OC[C@@H](O)COP(=O)(O)OC[C@@H](COC(=O)CCCCCCCCCC)OC(=O)CCCCCCCCCCCC. The standard InChI is InChI=1S/C68H132O17P2/c1-5-9-13-17-21-25-28-29-30-31-32-33-34-35-36-39-43-47-51-55-68(73)85-64(59-79-66(71)53-49-45-41-37-26-22-18-14-10-6-2)61-83-87(76,77)81-57-62(69)56-80-86(74,75)82-60-63(58-78-65(70)52-48-44-40-24-20-16-12-8-4)84-67(72)54-50-46-42-38-27-23-19-15-11-7-3/h62-64,69H,5-61H2,1-4H3,(H,74,75)(H,76,77)/t62-,63+,64+/m0/s1. The van der Waals surface area contributed by atoms with E-state index < -0.39 is 97.5 Å². The first-order valence-electron chi connectivity index (χ1n) is 35.8. The van der Waals surface area contributed by atoms with E-state index in [4.69, 9.17) is 37.0 Å². The Morgan fingerprint density at radius 1 is 0.276 bits per heavy atom. The maximum Gasteiger partial charge on any atom is 0.472 e. The van der Waals surface area contributed by atoms with Crippen LogP contribution in [0.25, 0.3) is 0 Å². The Morgan fingerprint density at radius 3 is 0.678 bits per heavy atom. The number of hydrogen-bond donors (Lipinski definition) is 3. The van der Waals surface area contributed by atoms with Gasteiger partial charge in [-0.05, 0) is 25.7 Å². The first-order chi connectivity index (χ1) is 42.2. The highest BCUT2D eigenvalue weighted by Crippen LogP contribution is 2.45. The molecule has 5 atom stereocenters. The molecule has 0 aromatic heterocycles. The van der Waals surface area contributed by atoms with E-state index in [0.29, 0.717) is 25.7 Å². The van der Waals surface area contributed by atoms with Crippen LogP contribution in [0.5, 0.6) is 0 Å². The van der Waals surface area contributed by atoms with Crippen LogP contribution in [0, 0.1) is 0 Å². The number of phosphoric acid groups is 2. The molecule has 0 spiro atoms. The van der Waals surface area contributed by atoms with Gasteiger partial charge in [0.1, 0.15) is 19.3 Å². The Bertz CT molecular complexity index is 1670. The monoisotopic (exact) mass is 1280 g/mol. The van der Waals surface area contributed by atoms with E-state index in [2.05, 4.69) is 27.7 Å². The normalized spacial score (nSPS) is 14.1. The Morgan fingerprint density at radius 2 is 0.460 bits per heavy atom. The van der Waals surface area contributed by atoms with Gasteiger partial charge in [-0.25, -0.2) is 9.13 Å². The van der Waals surface area contributed by atoms with Gasteiger partial charge >= 0.3 is 39.5 Å². The smallest absolute Gasteiger partial charge is 0.462 e. The number of aliphatic hydroxyl groups excluding tert-OH is 1. The van der Waals surface area contributed by atoms with E-state index >= 15 is 0 Å². The molecule has 0 rings (SSSR count). The summed E-state index contributed by atoms with van der Waals surface area (Å²) in [6.45, 7) is 4.89. The van der Waals surface area contributed by atoms with Crippen LogP contribution in [-0.4, -0.2) is 96.7 Å². The third-order valence-electron chi connectivity index (χ3n) is 15.9. The molecule has 0 fully saturated rings. The predicted molar refractivity (Wildman–Crippen MR) is 349 cm³/mol. The molecule has 516 valence electrons. The lowest BCUT2D eigenvalue weighted by Gasteiger charge is -2.21. The second-order valence-electron chi connectivity index (χ2n) is 24.6. The fourth-order valence-corrected chi connectivity index (χ4v) is 11.9. The molecule has 19 heteroatoms. The van der Waals surface area contributed by atoms with Crippen LogP contribution in [0.3, 0.4) is 0 Å². The number of esters is 4. The van der Waals surface area contributed by atoms with Gasteiger partial charge in [-0.1, -0.05) is 304 Å². The minimum Gasteiger partial charge on any atom is -0.462 e. The second-order valence-corrected chi connectivity index (χ2v) is 27.5. The number of aliphatic hydroxyl groups is 1. The predicted octanol–water partition coefficient (Wildman–Crippen LogP) is 19.5. The molecule has 0 aliphatic carbocycles. The molecule has 0 bridgehead atoms. The summed E-state index contributed by atoms with van der Waals surface area (Å²) < 4.78 is 68.1. The maximum atomic E-state index is 13.0. The summed E-state index contributed by atoms with van der Waals surface area (Å²) >= 11 is 0. The van der Waals surface area contributed by atoms with Gasteiger partial charge in [-0.15, -0.1) is 0 Å². The van der Waals surface area contributed by atoms with E-state index in [1.165, 1.54) is 180 Å². The van der Waals surface area contributed by atoms with E-state index in [-0.39, 0.29) is 25.7 Å². The van der Waals surface area contributed by atoms with Gasteiger partial charge in [-0.3, -0.25) is 37.3 Å². The van der Waals surface area contributed by atoms with E-state index in [0.717, 1.165) is 96.3 Å². The van der Waals surface area contributed by atoms with Crippen molar-refractivity contribution >= 4 is 39.5 Å². The summed E-state index contributed by atoms with van der Waals surface area (Å²) in [5, 5.41) is 10.5. The zero-order chi connectivity index (χ0) is 64.0. The molecule has 0 saturated carbocycles.